The predicted molar refractivity (Wildman–Crippen MR) is 85.7 cm³/mol. The Balaban J connectivity index is 2.35. The van der Waals surface area contributed by atoms with Gasteiger partial charge in [-0.25, -0.2) is 0 Å². The monoisotopic (exact) mass is 290 g/mol. The third-order valence-corrected chi connectivity index (χ3v) is 3.22. The topological polar surface area (TPSA) is 75.3 Å². The number of benzene rings is 1. The number of nitrogens with one attached hydrogen (secondary N) is 1. The van der Waals surface area contributed by atoms with Crippen LogP contribution >= 0.6 is 0 Å². The van der Waals surface area contributed by atoms with Crippen molar-refractivity contribution >= 4 is 5.91 Å². The lowest BCUT2D eigenvalue weighted by molar-refractivity contribution is -0.116. The van der Waals surface area contributed by atoms with E-state index in [1.54, 1.807) is 0 Å². The standard InChI is InChI=1S/C17H26N2O2/c1-13(2)10-11-19-17(21)9-8-16(20)15(18)12-14-6-4-3-5-7-14/h3-9,13,15-16,20H,10-12,18H2,1-2H3,(H,19,21)/b9-8-. The Hall–Kier alpha value is -1.65. The van der Waals surface area contributed by atoms with Gasteiger partial charge in [-0.15, -0.1) is 0 Å². The normalized spacial score (nSPS) is 14.3. The van der Waals surface area contributed by atoms with Gasteiger partial charge in [-0.2, -0.15) is 0 Å². The number of aliphatic hydroxyl groups excluding tert-OH is 1. The molecule has 0 bridgehead atoms. The first-order chi connectivity index (χ1) is 9.99. The molecule has 2 atom stereocenters. The molecule has 4 N–H and O–H groups in total. The second-order valence-corrected chi connectivity index (χ2v) is 5.68. The minimum Gasteiger partial charge on any atom is -0.387 e. The number of hydrogen-bond donors (Lipinski definition) is 3. The van der Waals surface area contributed by atoms with Crippen LogP contribution in [0, 0.1) is 5.92 Å². The highest BCUT2D eigenvalue weighted by Gasteiger charge is 2.12. The number of amides is 1. The van der Waals surface area contributed by atoms with E-state index in [2.05, 4.69) is 19.2 Å². The summed E-state index contributed by atoms with van der Waals surface area (Å²) < 4.78 is 0. The maximum Gasteiger partial charge on any atom is 0.243 e. The lowest BCUT2D eigenvalue weighted by atomic mass is 10.0. The molecule has 4 heteroatoms. The van der Waals surface area contributed by atoms with Gasteiger partial charge < -0.3 is 16.2 Å². The van der Waals surface area contributed by atoms with Crippen molar-refractivity contribution in [2.75, 3.05) is 6.54 Å². The quantitative estimate of drug-likeness (QED) is 0.637. The first-order valence-corrected chi connectivity index (χ1v) is 7.42. The molecule has 0 aliphatic rings. The largest absolute Gasteiger partial charge is 0.387 e. The number of carbonyl (C=O) groups is 1. The van der Waals surface area contributed by atoms with Crippen LogP contribution in [0.4, 0.5) is 0 Å². The minimum absolute atomic E-state index is 0.193. The van der Waals surface area contributed by atoms with E-state index >= 15 is 0 Å². The van der Waals surface area contributed by atoms with Crippen LogP contribution in [0.25, 0.3) is 0 Å². The zero-order valence-electron chi connectivity index (χ0n) is 12.8. The smallest absolute Gasteiger partial charge is 0.243 e. The van der Waals surface area contributed by atoms with Crippen LogP contribution in [0.5, 0.6) is 0 Å². The molecule has 0 heterocycles. The summed E-state index contributed by atoms with van der Waals surface area (Å²) in [6.07, 6.45) is 3.49. The molecule has 0 aliphatic heterocycles. The molecule has 1 amide bonds. The molecular formula is C17H26N2O2. The van der Waals surface area contributed by atoms with Crippen molar-refractivity contribution in [1.29, 1.82) is 0 Å². The summed E-state index contributed by atoms with van der Waals surface area (Å²) in [4.78, 5) is 11.6. The molecular weight excluding hydrogens is 264 g/mol. The minimum atomic E-state index is -0.832. The van der Waals surface area contributed by atoms with Crippen LogP contribution in [0.3, 0.4) is 0 Å². The molecule has 1 aromatic carbocycles. The van der Waals surface area contributed by atoms with Crippen LogP contribution in [0.2, 0.25) is 0 Å². The average Bonchev–Trinajstić information content (AvgIpc) is 2.45. The Morgan fingerprint density at radius 2 is 2.00 bits per heavy atom. The number of hydrogen-bond acceptors (Lipinski definition) is 3. The average molecular weight is 290 g/mol. The second kappa shape index (κ2) is 9.32. The van der Waals surface area contributed by atoms with Gasteiger partial charge in [-0.3, -0.25) is 4.79 Å². The summed E-state index contributed by atoms with van der Waals surface area (Å²) in [5, 5.41) is 12.7. The summed E-state index contributed by atoms with van der Waals surface area (Å²) in [5.41, 5.74) is 7.01. The van der Waals surface area contributed by atoms with Crippen molar-refractivity contribution in [2.45, 2.75) is 38.8 Å². The van der Waals surface area contributed by atoms with Crippen molar-refractivity contribution in [2.24, 2.45) is 11.7 Å². The van der Waals surface area contributed by atoms with E-state index < -0.39 is 12.1 Å². The van der Waals surface area contributed by atoms with E-state index in [0.29, 0.717) is 18.9 Å². The summed E-state index contributed by atoms with van der Waals surface area (Å²) in [5.74, 6) is 0.362. The second-order valence-electron chi connectivity index (χ2n) is 5.68. The molecule has 116 valence electrons. The molecule has 21 heavy (non-hydrogen) atoms. The van der Waals surface area contributed by atoms with Gasteiger partial charge in [0.2, 0.25) is 5.91 Å². The van der Waals surface area contributed by atoms with Gasteiger partial charge in [0.05, 0.1) is 6.10 Å². The number of rotatable bonds is 8. The Morgan fingerprint density at radius 3 is 2.62 bits per heavy atom. The molecule has 0 radical (unpaired) electrons. The fraction of sp³-hybridized carbons (Fsp3) is 0.471. The lowest BCUT2D eigenvalue weighted by Gasteiger charge is -2.15. The fourth-order valence-electron chi connectivity index (χ4n) is 1.88. The zero-order valence-corrected chi connectivity index (χ0v) is 12.8. The molecule has 0 aromatic heterocycles. The summed E-state index contributed by atoms with van der Waals surface area (Å²) in [7, 11) is 0. The Morgan fingerprint density at radius 1 is 1.33 bits per heavy atom. The molecule has 0 spiro atoms. The van der Waals surface area contributed by atoms with Crippen molar-refractivity contribution in [3.63, 3.8) is 0 Å². The molecule has 0 aliphatic carbocycles. The zero-order chi connectivity index (χ0) is 15.7. The maximum absolute atomic E-state index is 11.6. The highest BCUT2D eigenvalue weighted by Crippen LogP contribution is 2.05. The Kier molecular flexibility index (Phi) is 7.72. The lowest BCUT2D eigenvalue weighted by Crippen LogP contribution is -2.35. The SMILES string of the molecule is CC(C)CCNC(=O)/C=C\C(O)C(N)Cc1ccccc1. The van der Waals surface area contributed by atoms with Crippen molar-refractivity contribution in [3.8, 4) is 0 Å². The van der Waals surface area contributed by atoms with E-state index in [-0.39, 0.29) is 5.91 Å². The van der Waals surface area contributed by atoms with Crippen molar-refractivity contribution in [3.05, 3.63) is 48.0 Å². The molecule has 0 fully saturated rings. The van der Waals surface area contributed by atoms with E-state index in [1.165, 1.54) is 12.2 Å². The number of aliphatic hydroxyl groups is 1. The first kappa shape index (κ1) is 17.4. The van der Waals surface area contributed by atoms with E-state index in [4.69, 9.17) is 5.73 Å². The third kappa shape index (κ3) is 7.63. The number of carbonyl (C=O) groups excluding carboxylic acids is 1. The first-order valence-electron chi connectivity index (χ1n) is 7.42. The Labute approximate surface area is 127 Å². The molecule has 0 saturated heterocycles. The summed E-state index contributed by atoms with van der Waals surface area (Å²) in [6.45, 7) is 4.86. The van der Waals surface area contributed by atoms with Crippen LogP contribution in [-0.4, -0.2) is 29.7 Å². The molecule has 1 aromatic rings. The van der Waals surface area contributed by atoms with Gasteiger partial charge in [0, 0.05) is 18.7 Å². The molecule has 4 nitrogen and oxygen atoms in total. The molecule has 1 rings (SSSR count). The van der Waals surface area contributed by atoms with Gasteiger partial charge in [0.1, 0.15) is 0 Å². The van der Waals surface area contributed by atoms with Crippen LogP contribution < -0.4 is 11.1 Å². The molecule has 2 unspecified atom stereocenters. The summed E-state index contributed by atoms with van der Waals surface area (Å²) >= 11 is 0. The van der Waals surface area contributed by atoms with Crippen LogP contribution in [0.1, 0.15) is 25.8 Å². The molecule has 0 saturated carbocycles. The van der Waals surface area contributed by atoms with E-state index in [0.717, 1.165) is 12.0 Å². The Bertz CT molecular complexity index is 443. The predicted octanol–water partition coefficient (Wildman–Crippen LogP) is 1.64. The van der Waals surface area contributed by atoms with Gasteiger partial charge >= 0.3 is 0 Å². The maximum atomic E-state index is 11.6. The van der Waals surface area contributed by atoms with Gasteiger partial charge in [-0.1, -0.05) is 44.2 Å². The van der Waals surface area contributed by atoms with Gasteiger partial charge in [-0.05, 0) is 30.4 Å². The van der Waals surface area contributed by atoms with E-state index in [1.807, 2.05) is 30.3 Å². The highest BCUT2D eigenvalue weighted by atomic mass is 16.3. The van der Waals surface area contributed by atoms with Crippen molar-refractivity contribution < 1.29 is 9.90 Å². The van der Waals surface area contributed by atoms with Gasteiger partial charge in [0.25, 0.3) is 0 Å². The van der Waals surface area contributed by atoms with Crippen LogP contribution in [0.15, 0.2) is 42.5 Å². The fourth-order valence-corrected chi connectivity index (χ4v) is 1.88. The third-order valence-electron chi connectivity index (χ3n) is 3.22. The van der Waals surface area contributed by atoms with Crippen molar-refractivity contribution in [1.82, 2.24) is 5.32 Å². The van der Waals surface area contributed by atoms with Gasteiger partial charge in [0.15, 0.2) is 0 Å². The van der Waals surface area contributed by atoms with Crippen LogP contribution in [-0.2, 0) is 11.2 Å². The van der Waals surface area contributed by atoms with E-state index in [9.17, 15) is 9.90 Å². The number of nitrogens with two attached hydrogens (primary N) is 1. The highest BCUT2D eigenvalue weighted by molar-refractivity contribution is 5.87. The summed E-state index contributed by atoms with van der Waals surface area (Å²) in [6, 6.07) is 9.32.